The van der Waals surface area contributed by atoms with Crippen molar-refractivity contribution in [3.63, 3.8) is 0 Å². The molecule has 0 radical (unpaired) electrons. The van der Waals surface area contributed by atoms with Gasteiger partial charge in [0.15, 0.2) is 0 Å². The molecule has 1 aliphatic carbocycles. The molecular formula is C21H25N3O3. The first-order chi connectivity index (χ1) is 13.0. The predicted molar refractivity (Wildman–Crippen MR) is 103 cm³/mol. The number of nitrogens with one attached hydrogen (secondary N) is 1. The van der Waals surface area contributed by atoms with Crippen molar-refractivity contribution in [2.24, 2.45) is 11.1 Å². The first-order valence-electron chi connectivity index (χ1n) is 9.24. The second-order valence-electron chi connectivity index (χ2n) is 7.08. The molecule has 142 valence electrons. The van der Waals surface area contributed by atoms with E-state index in [0.717, 1.165) is 24.0 Å². The summed E-state index contributed by atoms with van der Waals surface area (Å²) in [6.07, 6.45) is 6.42. The van der Waals surface area contributed by atoms with Crippen LogP contribution in [-0.4, -0.2) is 36.6 Å². The molecule has 6 heteroatoms. The SMILES string of the molecule is CCOCC1(CNC(=O)c2cccc(-c3cncc(C(N)=O)c3)c2)CCC1. The third kappa shape index (κ3) is 4.52. The van der Waals surface area contributed by atoms with Crippen LogP contribution in [0.15, 0.2) is 42.7 Å². The van der Waals surface area contributed by atoms with Crippen LogP contribution in [0.5, 0.6) is 0 Å². The highest BCUT2D eigenvalue weighted by atomic mass is 16.5. The normalized spacial score (nSPS) is 15.0. The molecule has 0 aliphatic heterocycles. The van der Waals surface area contributed by atoms with Crippen LogP contribution in [0.1, 0.15) is 46.9 Å². The summed E-state index contributed by atoms with van der Waals surface area (Å²) >= 11 is 0. The van der Waals surface area contributed by atoms with Crippen LogP contribution >= 0.6 is 0 Å². The van der Waals surface area contributed by atoms with Gasteiger partial charge in [-0.2, -0.15) is 0 Å². The zero-order valence-corrected chi connectivity index (χ0v) is 15.5. The number of primary amides is 1. The van der Waals surface area contributed by atoms with E-state index in [1.54, 1.807) is 24.4 Å². The lowest BCUT2D eigenvalue weighted by molar-refractivity contribution is -0.000182. The van der Waals surface area contributed by atoms with Gasteiger partial charge in [0.25, 0.3) is 5.91 Å². The van der Waals surface area contributed by atoms with Crippen LogP contribution in [-0.2, 0) is 4.74 Å². The van der Waals surface area contributed by atoms with Gasteiger partial charge >= 0.3 is 0 Å². The molecule has 0 atom stereocenters. The average Bonchev–Trinajstić information content (AvgIpc) is 2.67. The van der Waals surface area contributed by atoms with Crippen molar-refractivity contribution in [2.45, 2.75) is 26.2 Å². The lowest BCUT2D eigenvalue weighted by Crippen LogP contribution is -2.45. The van der Waals surface area contributed by atoms with Crippen molar-refractivity contribution in [1.82, 2.24) is 10.3 Å². The minimum absolute atomic E-state index is 0.0724. The summed E-state index contributed by atoms with van der Waals surface area (Å²) < 4.78 is 5.59. The number of amides is 2. The predicted octanol–water partition coefficient (Wildman–Crippen LogP) is 2.78. The number of benzene rings is 1. The molecule has 1 saturated carbocycles. The molecule has 0 spiro atoms. The summed E-state index contributed by atoms with van der Waals surface area (Å²) in [7, 11) is 0. The molecule has 2 amide bonds. The molecule has 1 aromatic heterocycles. The third-order valence-electron chi connectivity index (χ3n) is 5.13. The minimum Gasteiger partial charge on any atom is -0.381 e. The van der Waals surface area contributed by atoms with Crippen LogP contribution < -0.4 is 11.1 Å². The van der Waals surface area contributed by atoms with Crippen LogP contribution in [0.4, 0.5) is 0 Å². The molecule has 3 rings (SSSR count). The Balaban J connectivity index is 1.70. The zero-order valence-electron chi connectivity index (χ0n) is 15.5. The van der Waals surface area contributed by atoms with E-state index in [0.29, 0.717) is 30.9 Å². The van der Waals surface area contributed by atoms with Crippen LogP contribution in [0.25, 0.3) is 11.1 Å². The van der Waals surface area contributed by atoms with Gasteiger partial charge in [0.2, 0.25) is 5.91 Å². The Kier molecular flexibility index (Phi) is 5.86. The van der Waals surface area contributed by atoms with Gasteiger partial charge < -0.3 is 15.8 Å². The second-order valence-corrected chi connectivity index (χ2v) is 7.08. The van der Waals surface area contributed by atoms with Crippen molar-refractivity contribution in [3.8, 4) is 11.1 Å². The van der Waals surface area contributed by atoms with Crippen molar-refractivity contribution in [1.29, 1.82) is 0 Å². The molecule has 0 saturated heterocycles. The molecule has 0 unspecified atom stereocenters. The van der Waals surface area contributed by atoms with E-state index in [9.17, 15) is 9.59 Å². The van der Waals surface area contributed by atoms with Gasteiger partial charge in [-0.3, -0.25) is 14.6 Å². The largest absolute Gasteiger partial charge is 0.381 e. The fourth-order valence-corrected chi connectivity index (χ4v) is 3.31. The zero-order chi connectivity index (χ0) is 19.3. The number of carbonyl (C=O) groups excluding carboxylic acids is 2. The minimum atomic E-state index is -0.529. The van der Waals surface area contributed by atoms with E-state index in [-0.39, 0.29) is 11.3 Å². The summed E-state index contributed by atoms with van der Waals surface area (Å²) in [5.41, 5.74) is 7.86. The molecule has 6 nitrogen and oxygen atoms in total. The molecule has 2 aromatic rings. The number of hydrogen-bond acceptors (Lipinski definition) is 4. The maximum absolute atomic E-state index is 12.6. The van der Waals surface area contributed by atoms with Crippen molar-refractivity contribution in [3.05, 3.63) is 53.9 Å². The number of aromatic nitrogens is 1. The molecular weight excluding hydrogens is 342 g/mol. The van der Waals surface area contributed by atoms with Crippen molar-refractivity contribution >= 4 is 11.8 Å². The number of nitrogens with zero attached hydrogens (tertiary/aromatic N) is 1. The Morgan fingerprint density at radius 3 is 2.63 bits per heavy atom. The topological polar surface area (TPSA) is 94.3 Å². The van der Waals surface area contributed by atoms with E-state index in [4.69, 9.17) is 10.5 Å². The maximum Gasteiger partial charge on any atom is 0.251 e. The molecule has 1 aliphatic rings. The second kappa shape index (κ2) is 8.31. The summed E-state index contributed by atoms with van der Waals surface area (Å²) in [5, 5.41) is 3.05. The highest BCUT2D eigenvalue weighted by molar-refractivity contribution is 5.96. The number of rotatable bonds is 8. The lowest BCUT2D eigenvalue weighted by atomic mass is 9.69. The number of nitrogens with two attached hydrogens (primary N) is 1. The molecule has 1 heterocycles. The van der Waals surface area contributed by atoms with E-state index in [2.05, 4.69) is 10.3 Å². The molecule has 0 bridgehead atoms. The third-order valence-corrected chi connectivity index (χ3v) is 5.13. The fraction of sp³-hybridized carbons (Fsp3) is 0.381. The van der Waals surface area contributed by atoms with E-state index in [1.807, 2.05) is 19.1 Å². The Hall–Kier alpha value is -2.73. The maximum atomic E-state index is 12.6. The Morgan fingerprint density at radius 1 is 1.19 bits per heavy atom. The van der Waals surface area contributed by atoms with Gasteiger partial charge in [0.05, 0.1) is 12.2 Å². The molecule has 1 fully saturated rings. The van der Waals surface area contributed by atoms with E-state index < -0.39 is 5.91 Å². The number of ether oxygens (including phenoxy) is 1. The van der Waals surface area contributed by atoms with E-state index in [1.165, 1.54) is 12.6 Å². The molecule has 27 heavy (non-hydrogen) atoms. The van der Waals surface area contributed by atoms with Crippen LogP contribution in [0, 0.1) is 5.41 Å². The quantitative estimate of drug-likeness (QED) is 0.750. The van der Waals surface area contributed by atoms with Crippen LogP contribution in [0.3, 0.4) is 0 Å². The van der Waals surface area contributed by atoms with Crippen molar-refractivity contribution < 1.29 is 14.3 Å². The molecule has 3 N–H and O–H groups in total. The molecule has 1 aromatic carbocycles. The monoisotopic (exact) mass is 367 g/mol. The highest BCUT2D eigenvalue weighted by Crippen LogP contribution is 2.40. The average molecular weight is 367 g/mol. The number of carbonyl (C=O) groups is 2. The first kappa shape index (κ1) is 19.0. The summed E-state index contributed by atoms with van der Waals surface area (Å²) in [6, 6.07) is 8.95. The lowest BCUT2D eigenvalue weighted by Gasteiger charge is -2.41. The van der Waals surface area contributed by atoms with Gasteiger partial charge in [-0.25, -0.2) is 0 Å². The Labute approximate surface area is 159 Å². The standard InChI is InChI=1S/C21H25N3O3/c1-2-27-14-21(7-4-8-21)13-24-20(26)16-6-3-5-15(9-16)17-10-18(19(22)25)12-23-11-17/h3,5-6,9-12H,2,4,7-8,13-14H2,1H3,(H2,22,25)(H,24,26). The summed E-state index contributed by atoms with van der Waals surface area (Å²) in [4.78, 5) is 28.0. The van der Waals surface area contributed by atoms with Gasteiger partial charge in [-0.05, 0) is 43.5 Å². The summed E-state index contributed by atoms with van der Waals surface area (Å²) in [5.74, 6) is -0.642. The van der Waals surface area contributed by atoms with Crippen molar-refractivity contribution in [2.75, 3.05) is 19.8 Å². The first-order valence-corrected chi connectivity index (χ1v) is 9.24. The Morgan fingerprint density at radius 2 is 1.96 bits per heavy atom. The highest BCUT2D eigenvalue weighted by Gasteiger charge is 2.37. The van der Waals surface area contributed by atoms with Gasteiger partial charge in [-0.1, -0.05) is 18.6 Å². The van der Waals surface area contributed by atoms with Gasteiger partial charge in [0, 0.05) is 42.1 Å². The summed E-state index contributed by atoms with van der Waals surface area (Å²) in [6.45, 7) is 3.98. The van der Waals surface area contributed by atoms with Gasteiger partial charge in [0.1, 0.15) is 0 Å². The van der Waals surface area contributed by atoms with Gasteiger partial charge in [-0.15, -0.1) is 0 Å². The Bertz CT molecular complexity index is 831. The number of pyridine rings is 1. The van der Waals surface area contributed by atoms with Crippen LogP contribution in [0.2, 0.25) is 0 Å². The smallest absolute Gasteiger partial charge is 0.251 e. The fourth-order valence-electron chi connectivity index (χ4n) is 3.31. The number of hydrogen-bond donors (Lipinski definition) is 2. The van der Waals surface area contributed by atoms with E-state index >= 15 is 0 Å².